The Morgan fingerprint density at radius 3 is 2.69 bits per heavy atom. The number of amides is 3. The van der Waals surface area contributed by atoms with E-state index in [-0.39, 0.29) is 18.0 Å². The summed E-state index contributed by atoms with van der Waals surface area (Å²) in [5.41, 5.74) is 2.34. The molecule has 1 aromatic carbocycles. The second kappa shape index (κ2) is 9.05. The Morgan fingerprint density at radius 1 is 1.10 bits per heavy atom. The number of aromatic nitrogens is 1. The number of pyridine rings is 1. The Bertz CT molecular complexity index is 832. The highest BCUT2D eigenvalue weighted by Crippen LogP contribution is 2.22. The number of carbonyl (C=O) groups excluding carboxylic acids is 2. The van der Waals surface area contributed by atoms with Crippen molar-refractivity contribution in [3.05, 3.63) is 59.9 Å². The number of nitrogens with zero attached hydrogens (tertiary/aromatic N) is 3. The summed E-state index contributed by atoms with van der Waals surface area (Å²) in [6.07, 6.45) is 4.74. The first-order chi connectivity index (χ1) is 14.2. The molecule has 0 bridgehead atoms. The van der Waals surface area contributed by atoms with Gasteiger partial charge in [-0.3, -0.25) is 14.7 Å². The first-order valence-corrected chi connectivity index (χ1v) is 10.3. The second-order valence-electron chi connectivity index (χ2n) is 7.52. The predicted octanol–water partition coefficient (Wildman–Crippen LogP) is 2.40. The molecule has 2 saturated heterocycles. The van der Waals surface area contributed by atoms with Gasteiger partial charge in [0.2, 0.25) is 0 Å². The molecule has 1 aromatic heterocycles. The van der Waals surface area contributed by atoms with Crippen molar-refractivity contribution in [1.82, 2.24) is 20.5 Å². The van der Waals surface area contributed by atoms with Gasteiger partial charge in [-0.15, -0.1) is 0 Å². The molecule has 4 rings (SSSR count). The van der Waals surface area contributed by atoms with Crippen LogP contribution in [0.3, 0.4) is 0 Å². The molecule has 7 heteroatoms. The van der Waals surface area contributed by atoms with Gasteiger partial charge in [0.1, 0.15) is 0 Å². The minimum Gasteiger partial charge on any atom is -0.336 e. The maximum atomic E-state index is 13.4. The number of rotatable bonds is 5. The first kappa shape index (κ1) is 19.4. The van der Waals surface area contributed by atoms with E-state index < -0.39 is 0 Å². The van der Waals surface area contributed by atoms with Crippen LogP contribution < -0.4 is 15.5 Å². The van der Waals surface area contributed by atoms with Crippen LogP contribution in [-0.4, -0.2) is 54.0 Å². The van der Waals surface area contributed by atoms with Crippen LogP contribution in [0.1, 0.15) is 35.3 Å². The third kappa shape index (κ3) is 4.56. The van der Waals surface area contributed by atoms with Crippen LogP contribution in [0.25, 0.3) is 0 Å². The van der Waals surface area contributed by atoms with Gasteiger partial charge in [0.25, 0.3) is 5.91 Å². The van der Waals surface area contributed by atoms with Crippen molar-refractivity contribution in [1.29, 1.82) is 0 Å². The van der Waals surface area contributed by atoms with Gasteiger partial charge in [-0.2, -0.15) is 0 Å². The summed E-state index contributed by atoms with van der Waals surface area (Å²) in [7, 11) is 0. The van der Waals surface area contributed by atoms with E-state index in [1.54, 1.807) is 11.1 Å². The molecule has 29 heavy (non-hydrogen) atoms. The third-order valence-corrected chi connectivity index (χ3v) is 5.59. The molecule has 2 fully saturated rings. The number of urea groups is 1. The van der Waals surface area contributed by atoms with Gasteiger partial charge in [-0.25, -0.2) is 4.79 Å². The molecule has 1 unspecified atom stereocenters. The van der Waals surface area contributed by atoms with Crippen molar-refractivity contribution in [2.45, 2.75) is 31.8 Å². The van der Waals surface area contributed by atoms with E-state index in [9.17, 15) is 9.59 Å². The summed E-state index contributed by atoms with van der Waals surface area (Å²) < 4.78 is 0. The van der Waals surface area contributed by atoms with Gasteiger partial charge in [0.15, 0.2) is 0 Å². The minimum atomic E-state index is -0.0909. The zero-order valence-corrected chi connectivity index (χ0v) is 16.5. The average molecular weight is 393 g/mol. The molecule has 2 aliphatic rings. The van der Waals surface area contributed by atoms with Crippen LogP contribution in [-0.2, 0) is 6.54 Å². The van der Waals surface area contributed by atoms with Gasteiger partial charge >= 0.3 is 6.03 Å². The van der Waals surface area contributed by atoms with Gasteiger partial charge in [-0.05, 0) is 68.8 Å². The summed E-state index contributed by atoms with van der Waals surface area (Å²) in [4.78, 5) is 33.4. The number of anilines is 1. The average Bonchev–Trinajstić information content (AvgIpc) is 3.01. The SMILES string of the molecule is O=C1NCCN1c1ccc(C(=O)N(Cc2ccccn2)C2CCCNCC2)cc1. The smallest absolute Gasteiger partial charge is 0.321 e. The summed E-state index contributed by atoms with van der Waals surface area (Å²) in [5, 5.41) is 6.22. The van der Waals surface area contributed by atoms with Gasteiger partial charge in [-0.1, -0.05) is 6.07 Å². The lowest BCUT2D eigenvalue weighted by Gasteiger charge is -2.31. The lowest BCUT2D eigenvalue weighted by atomic mass is 10.0. The standard InChI is InChI=1S/C22H27N5O2/c28-21(17-6-8-20(9-7-17)26-15-14-25-22(26)29)27(16-18-4-1-2-12-24-18)19-5-3-11-23-13-10-19/h1-2,4,6-9,12,19,23H,3,5,10-11,13-16H2,(H,25,29). The molecule has 3 amide bonds. The van der Waals surface area contributed by atoms with Crippen molar-refractivity contribution < 1.29 is 9.59 Å². The fourth-order valence-electron chi connectivity index (χ4n) is 4.01. The van der Waals surface area contributed by atoms with Crippen molar-refractivity contribution in [2.24, 2.45) is 0 Å². The predicted molar refractivity (Wildman–Crippen MR) is 112 cm³/mol. The lowest BCUT2D eigenvalue weighted by Crippen LogP contribution is -2.40. The maximum absolute atomic E-state index is 13.4. The fourth-order valence-corrected chi connectivity index (χ4v) is 4.01. The van der Waals surface area contributed by atoms with Gasteiger partial charge < -0.3 is 15.5 Å². The van der Waals surface area contributed by atoms with Crippen LogP contribution in [0.4, 0.5) is 10.5 Å². The number of hydrogen-bond acceptors (Lipinski definition) is 4. The largest absolute Gasteiger partial charge is 0.336 e. The Morgan fingerprint density at radius 2 is 1.97 bits per heavy atom. The van der Waals surface area contributed by atoms with Crippen molar-refractivity contribution in [2.75, 3.05) is 31.1 Å². The minimum absolute atomic E-state index is 0.0139. The van der Waals surface area contributed by atoms with Crippen molar-refractivity contribution in [3.8, 4) is 0 Å². The van der Waals surface area contributed by atoms with E-state index in [2.05, 4.69) is 15.6 Å². The Hall–Kier alpha value is -2.93. The lowest BCUT2D eigenvalue weighted by molar-refractivity contribution is 0.0642. The third-order valence-electron chi connectivity index (χ3n) is 5.59. The Labute approximate surface area is 171 Å². The van der Waals surface area contributed by atoms with Gasteiger partial charge in [0, 0.05) is 36.6 Å². The summed E-state index contributed by atoms with van der Waals surface area (Å²) in [6, 6.07) is 13.2. The molecule has 2 N–H and O–H groups in total. The molecule has 0 saturated carbocycles. The molecule has 0 radical (unpaired) electrons. The normalized spacial score (nSPS) is 19.5. The zero-order chi connectivity index (χ0) is 20.1. The first-order valence-electron chi connectivity index (χ1n) is 10.3. The summed E-state index contributed by atoms with van der Waals surface area (Å²) in [6.45, 7) is 3.70. The van der Waals surface area contributed by atoms with E-state index in [1.807, 2.05) is 47.4 Å². The van der Waals surface area contributed by atoms with Crippen LogP contribution in [0.15, 0.2) is 48.7 Å². The van der Waals surface area contributed by atoms with Gasteiger partial charge in [0.05, 0.1) is 12.2 Å². The molecule has 0 aliphatic carbocycles. The molecule has 1 atom stereocenters. The van der Waals surface area contributed by atoms with E-state index in [4.69, 9.17) is 0 Å². The van der Waals surface area contributed by atoms with E-state index in [0.29, 0.717) is 25.2 Å². The fraction of sp³-hybridized carbons (Fsp3) is 0.409. The quantitative estimate of drug-likeness (QED) is 0.818. The monoisotopic (exact) mass is 393 g/mol. The van der Waals surface area contributed by atoms with Crippen LogP contribution >= 0.6 is 0 Å². The summed E-state index contributed by atoms with van der Waals surface area (Å²) in [5.74, 6) is 0.0139. The topological polar surface area (TPSA) is 77.6 Å². The molecule has 2 aromatic rings. The van der Waals surface area contributed by atoms with Crippen molar-refractivity contribution >= 4 is 17.6 Å². The van der Waals surface area contributed by atoms with E-state index in [0.717, 1.165) is 43.7 Å². The number of benzene rings is 1. The molecule has 3 heterocycles. The molecular weight excluding hydrogens is 366 g/mol. The Balaban J connectivity index is 1.55. The highest BCUT2D eigenvalue weighted by Gasteiger charge is 2.27. The molecule has 152 valence electrons. The zero-order valence-electron chi connectivity index (χ0n) is 16.5. The molecule has 2 aliphatic heterocycles. The second-order valence-corrected chi connectivity index (χ2v) is 7.52. The van der Waals surface area contributed by atoms with Crippen LogP contribution in [0.5, 0.6) is 0 Å². The van der Waals surface area contributed by atoms with E-state index in [1.165, 1.54) is 0 Å². The van der Waals surface area contributed by atoms with E-state index >= 15 is 0 Å². The number of hydrogen-bond donors (Lipinski definition) is 2. The molecular formula is C22H27N5O2. The van der Waals surface area contributed by atoms with Crippen molar-refractivity contribution in [3.63, 3.8) is 0 Å². The summed E-state index contributed by atoms with van der Waals surface area (Å²) >= 11 is 0. The van der Waals surface area contributed by atoms with Crippen LogP contribution in [0.2, 0.25) is 0 Å². The number of nitrogens with one attached hydrogen (secondary N) is 2. The van der Waals surface area contributed by atoms with Crippen LogP contribution in [0, 0.1) is 0 Å². The highest BCUT2D eigenvalue weighted by atomic mass is 16.2. The molecule has 0 spiro atoms. The highest BCUT2D eigenvalue weighted by molar-refractivity contribution is 5.97. The number of carbonyl (C=O) groups is 2. The Kier molecular flexibility index (Phi) is 6.05. The maximum Gasteiger partial charge on any atom is 0.321 e. The molecule has 7 nitrogen and oxygen atoms in total.